The molecule has 2 aliphatic rings. The highest BCUT2D eigenvalue weighted by molar-refractivity contribution is 5.89. The van der Waals surface area contributed by atoms with Crippen LogP contribution in [0.1, 0.15) is 49.3 Å². The Bertz CT molecular complexity index is 800. The van der Waals surface area contributed by atoms with Crippen molar-refractivity contribution in [2.75, 3.05) is 6.54 Å². The molecule has 4 heteroatoms. The summed E-state index contributed by atoms with van der Waals surface area (Å²) < 4.78 is 0. The van der Waals surface area contributed by atoms with Crippen molar-refractivity contribution in [3.8, 4) is 0 Å². The number of likely N-dealkylation sites (tertiary alicyclic amines) is 1. The number of benzene rings is 2. The number of carbonyl (C=O) groups is 2. The fourth-order valence-corrected chi connectivity index (χ4v) is 4.55. The minimum absolute atomic E-state index is 0.00127. The van der Waals surface area contributed by atoms with Gasteiger partial charge in [-0.25, -0.2) is 0 Å². The van der Waals surface area contributed by atoms with Gasteiger partial charge in [0.2, 0.25) is 11.8 Å². The summed E-state index contributed by atoms with van der Waals surface area (Å²) in [5, 5.41) is 3.24. The quantitative estimate of drug-likeness (QED) is 0.832. The molecule has 1 aliphatic carbocycles. The van der Waals surface area contributed by atoms with Gasteiger partial charge >= 0.3 is 0 Å². The van der Waals surface area contributed by atoms with E-state index in [1.54, 1.807) is 0 Å². The number of nitrogens with one attached hydrogen (secondary N) is 1. The molecule has 146 valence electrons. The number of carbonyl (C=O) groups excluding carboxylic acids is 2. The van der Waals surface area contributed by atoms with Crippen LogP contribution in [0.2, 0.25) is 0 Å². The van der Waals surface area contributed by atoms with Gasteiger partial charge in [0, 0.05) is 19.0 Å². The lowest BCUT2D eigenvalue weighted by Gasteiger charge is -2.25. The average molecular weight is 377 g/mol. The lowest BCUT2D eigenvalue weighted by molar-refractivity contribution is -0.130. The van der Waals surface area contributed by atoms with Crippen LogP contribution in [0.4, 0.5) is 0 Å². The SMILES string of the molecule is O=C(NC(Cc1ccccc1)c1ccccc1)C1CC(=O)N(C2CCCC2)C1. The zero-order valence-electron chi connectivity index (χ0n) is 16.2. The zero-order valence-corrected chi connectivity index (χ0v) is 16.2. The van der Waals surface area contributed by atoms with E-state index in [1.807, 2.05) is 41.3 Å². The fraction of sp³-hybridized carbons (Fsp3) is 0.417. The van der Waals surface area contributed by atoms with E-state index in [0.717, 1.165) is 24.8 Å². The van der Waals surface area contributed by atoms with Gasteiger partial charge in [0.05, 0.1) is 12.0 Å². The molecule has 2 unspecified atom stereocenters. The Morgan fingerprint density at radius 1 is 1.00 bits per heavy atom. The van der Waals surface area contributed by atoms with Crippen molar-refractivity contribution in [2.24, 2.45) is 5.92 Å². The first-order chi connectivity index (χ1) is 13.7. The Morgan fingerprint density at radius 2 is 1.64 bits per heavy atom. The van der Waals surface area contributed by atoms with Gasteiger partial charge in [0.15, 0.2) is 0 Å². The maximum atomic E-state index is 13.0. The second kappa shape index (κ2) is 8.59. The molecule has 1 aliphatic heterocycles. The molecule has 0 spiro atoms. The van der Waals surface area contributed by atoms with Crippen molar-refractivity contribution in [1.82, 2.24) is 10.2 Å². The van der Waals surface area contributed by atoms with Gasteiger partial charge in [-0.15, -0.1) is 0 Å². The molecule has 2 aromatic rings. The first-order valence-electron chi connectivity index (χ1n) is 10.4. The lowest BCUT2D eigenvalue weighted by Crippen LogP contribution is -2.38. The van der Waals surface area contributed by atoms with Crippen molar-refractivity contribution < 1.29 is 9.59 Å². The van der Waals surface area contributed by atoms with Crippen LogP contribution in [0.15, 0.2) is 60.7 Å². The molecule has 2 amide bonds. The summed E-state index contributed by atoms with van der Waals surface area (Å²) in [4.78, 5) is 27.5. The molecular formula is C24H28N2O2. The van der Waals surface area contributed by atoms with E-state index in [2.05, 4.69) is 29.6 Å². The van der Waals surface area contributed by atoms with E-state index in [4.69, 9.17) is 0 Å². The molecule has 1 saturated heterocycles. The lowest BCUT2D eigenvalue weighted by atomic mass is 9.97. The van der Waals surface area contributed by atoms with E-state index >= 15 is 0 Å². The van der Waals surface area contributed by atoms with Crippen molar-refractivity contribution in [1.29, 1.82) is 0 Å². The first-order valence-corrected chi connectivity index (χ1v) is 10.4. The molecule has 28 heavy (non-hydrogen) atoms. The zero-order chi connectivity index (χ0) is 19.3. The standard InChI is InChI=1S/C24H28N2O2/c27-23-16-20(17-26(23)21-13-7-8-14-21)24(28)25-22(19-11-5-2-6-12-19)15-18-9-3-1-4-10-18/h1-6,9-12,20-22H,7-8,13-17H2,(H,25,28). The fourth-order valence-electron chi connectivity index (χ4n) is 4.55. The second-order valence-corrected chi connectivity index (χ2v) is 8.05. The predicted molar refractivity (Wildman–Crippen MR) is 110 cm³/mol. The van der Waals surface area contributed by atoms with E-state index in [9.17, 15) is 9.59 Å². The van der Waals surface area contributed by atoms with Crippen LogP contribution in [0, 0.1) is 5.92 Å². The van der Waals surface area contributed by atoms with E-state index in [1.165, 1.54) is 18.4 Å². The Kier molecular flexibility index (Phi) is 5.75. The third kappa shape index (κ3) is 4.27. The minimum atomic E-state index is -0.241. The number of nitrogens with zero attached hydrogens (tertiary/aromatic N) is 1. The second-order valence-electron chi connectivity index (χ2n) is 8.05. The maximum Gasteiger partial charge on any atom is 0.225 e. The van der Waals surface area contributed by atoms with Crippen LogP contribution < -0.4 is 5.32 Å². The molecule has 0 bridgehead atoms. The van der Waals surface area contributed by atoms with Gasteiger partial charge in [-0.1, -0.05) is 73.5 Å². The molecule has 1 saturated carbocycles. The molecule has 0 radical (unpaired) electrons. The predicted octanol–water partition coefficient (Wildman–Crippen LogP) is 3.88. The van der Waals surface area contributed by atoms with Gasteiger partial charge in [0.25, 0.3) is 0 Å². The van der Waals surface area contributed by atoms with Crippen LogP contribution in [-0.4, -0.2) is 29.3 Å². The first kappa shape index (κ1) is 18.7. The molecule has 1 heterocycles. The van der Waals surface area contributed by atoms with Crippen molar-refractivity contribution in [3.63, 3.8) is 0 Å². The topological polar surface area (TPSA) is 49.4 Å². The van der Waals surface area contributed by atoms with E-state index in [-0.39, 0.29) is 23.8 Å². The molecule has 1 N–H and O–H groups in total. The van der Waals surface area contributed by atoms with Crippen molar-refractivity contribution in [3.05, 3.63) is 71.8 Å². The van der Waals surface area contributed by atoms with Gasteiger partial charge < -0.3 is 10.2 Å². The van der Waals surface area contributed by atoms with Crippen LogP contribution >= 0.6 is 0 Å². The van der Waals surface area contributed by atoms with E-state index < -0.39 is 0 Å². The molecule has 2 aromatic carbocycles. The van der Waals surface area contributed by atoms with E-state index in [0.29, 0.717) is 19.0 Å². The molecule has 2 fully saturated rings. The summed E-state index contributed by atoms with van der Waals surface area (Å²) in [6, 6.07) is 20.6. The summed E-state index contributed by atoms with van der Waals surface area (Å²) in [6.07, 6.45) is 5.64. The average Bonchev–Trinajstić information content (AvgIpc) is 3.38. The van der Waals surface area contributed by atoms with Gasteiger partial charge in [-0.3, -0.25) is 9.59 Å². The highest BCUT2D eigenvalue weighted by Gasteiger charge is 2.39. The largest absolute Gasteiger partial charge is 0.349 e. The molecule has 0 aromatic heterocycles. The highest BCUT2D eigenvalue weighted by atomic mass is 16.2. The molecule has 4 nitrogen and oxygen atoms in total. The van der Waals surface area contributed by atoms with Gasteiger partial charge in [-0.05, 0) is 30.4 Å². The van der Waals surface area contributed by atoms with Crippen LogP contribution in [-0.2, 0) is 16.0 Å². The molecule has 2 atom stereocenters. The summed E-state index contributed by atoms with van der Waals surface area (Å²) in [5.41, 5.74) is 2.28. The highest BCUT2D eigenvalue weighted by Crippen LogP contribution is 2.30. The number of hydrogen-bond donors (Lipinski definition) is 1. The summed E-state index contributed by atoms with van der Waals surface area (Å²) in [6.45, 7) is 0.572. The number of rotatable bonds is 6. The van der Waals surface area contributed by atoms with Crippen LogP contribution in [0.25, 0.3) is 0 Å². The summed E-state index contributed by atoms with van der Waals surface area (Å²) >= 11 is 0. The number of amides is 2. The Balaban J connectivity index is 1.45. The minimum Gasteiger partial charge on any atom is -0.349 e. The van der Waals surface area contributed by atoms with Crippen LogP contribution in [0.3, 0.4) is 0 Å². The van der Waals surface area contributed by atoms with Crippen molar-refractivity contribution >= 4 is 11.8 Å². The molecule has 4 rings (SSSR count). The maximum absolute atomic E-state index is 13.0. The normalized spacial score (nSPS) is 21.1. The van der Waals surface area contributed by atoms with Crippen molar-refractivity contribution in [2.45, 2.75) is 50.6 Å². The van der Waals surface area contributed by atoms with Crippen LogP contribution in [0.5, 0.6) is 0 Å². The third-order valence-corrected chi connectivity index (χ3v) is 6.10. The van der Waals surface area contributed by atoms with Gasteiger partial charge in [0.1, 0.15) is 0 Å². The Labute approximate surface area is 166 Å². The Hall–Kier alpha value is -2.62. The number of hydrogen-bond acceptors (Lipinski definition) is 2. The third-order valence-electron chi connectivity index (χ3n) is 6.10. The van der Waals surface area contributed by atoms with Gasteiger partial charge in [-0.2, -0.15) is 0 Å². The smallest absolute Gasteiger partial charge is 0.225 e. The Morgan fingerprint density at radius 3 is 2.32 bits per heavy atom. The summed E-state index contributed by atoms with van der Waals surface area (Å²) in [7, 11) is 0. The molecular weight excluding hydrogens is 348 g/mol. The monoisotopic (exact) mass is 376 g/mol. The summed E-state index contributed by atoms with van der Waals surface area (Å²) in [5.74, 6) is -0.0971.